The van der Waals surface area contributed by atoms with Gasteiger partial charge in [0, 0.05) is 6.20 Å². The first-order chi connectivity index (χ1) is 4.77. The van der Waals surface area contributed by atoms with Crippen LogP contribution in [-0.2, 0) is 0 Å². The fraction of sp³-hybridized carbons (Fsp3) is 0.333. The Bertz CT molecular complexity index is 148. The lowest BCUT2D eigenvalue weighted by atomic mass is 10.4. The van der Waals surface area contributed by atoms with Crippen LogP contribution in [0.3, 0.4) is 0 Å². The van der Waals surface area contributed by atoms with Crippen molar-refractivity contribution >= 4 is 0 Å². The third kappa shape index (κ3) is 7.02. The second-order valence-corrected chi connectivity index (χ2v) is 2.27. The van der Waals surface area contributed by atoms with Crippen molar-refractivity contribution in [3.05, 3.63) is 36.2 Å². The summed E-state index contributed by atoms with van der Waals surface area (Å²) >= 11 is 0. The van der Waals surface area contributed by atoms with Crippen LogP contribution in [0.2, 0.25) is 0 Å². The van der Waals surface area contributed by atoms with Crippen molar-refractivity contribution in [1.29, 1.82) is 0 Å². The van der Waals surface area contributed by atoms with Crippen LogP contribution in [0.15, 0.2) is 36.2 Å². The minimum atomic E-state index is 1.27. The third-order valence-corrected chi connectivity index (χ3v) is 0.868. The molecule has 0 amide bonds. The summed E-state index contributed by atoms with van der Waals surface area (Å²) in [6.45, 7) is 6.10. The lowest BCUT2D eigenvalue weighted by Crippen LogP contribution is -1.91. The normalized spacial score (nSPS) is 10.7. The van der Waals surface area contributed by atoms with Crippen LogP contribution < -0.4 is 5.32 Å². The second kappa shape index (κ2) is 6.14. The van der Waals surface area contributed by atoms with E-state index in [-0.39, 0.29) is 0 Å². The number of rotatable bonds is 3. The minimum Gasteiger partial charge on any atom is -0.368 e. The predicted molar refractivity (Wildman–Crippen MR) is 46.5 cm³/mol. The molecule has 1 heteroatoms. The molecule has 0 bridgehead atoms. The van der Waals surface area contributed by atoms with Gasteiger partial charge in [-0.3, -0.25) is 0 Å². The molecule has 56 valence electrons. The van der Waals surface area contributed by atoms with E-state index in [0.29, 0.717) is 0 Å². The lowest BCUT2D eigenvalue weighted by Gasteiger charge is -1.88. The Kier molecular flexibility index (Phi) is 5.54. The van der Waals surface area contributed by atoms with E-state index in [1.54, 1.807) is 0 Å². The van der Waals surface area contributed by atoms with Crippen molar-refractivity contribution in [3.63, 3.8) is 0 Å². The van der Waals surface area contributed by atoms with Crippen LogP contribution in [0, 0.1) is 0 Å². The number of nitrogens with one attached hydrogen (secondary N) is 1. The lowest BCUT2D eigenvalue weighted by molar-refractivity contribution is 1.15. The Hall–Kier alpha value is -0.980. The molecule has 0 radical (unpaired) electrons. The molecule has 0 aliphatic carbocycles. The zero-order valence-corrected chi connectivity index (χ0v) is 6.89. The number of hydrogen-bond donors (Lipinski definition) is 1. The van der Waals surface area contributed by atoms with Gasteiger partial charge in [-0.2, -0.15) is 0 Å². The Labute approximate surface area is 63.1 Å². The zero-order valence-electron chi connectivity index (χ0n) is 6.89. The molecule has 0 aromatic carbocycles. The molecule has 0 rings (SSSR count). The first-order valence-corrected chi connectivity index (χ1v) is 3.44. The standard InChI is InChI=1S/C9H15N/c1-4-5-6-7-10-8-9(2)3/h4-8,10H,1-3H3. The van der Waals surface area contributed by atoms with Crippen LogP contribution in [0.4, 0.5) is 0 Å². The van der Waals surface area contributed by atoms with Gasteiger partial charge in [-0.1, -0.05) is 17.7 Å². The summed E-state index contributed by atoms with van der Waals surface area (Å²) in [6.07, 6.45) is 9.78. The van der Waals surface area contributed by atoms with Gasteiger partial charge in [0.15, 0.2) is 0 Å². The Morgan fingerprint density at radius 1 is 1.20 bits per heavy atom. The molecule has 0 fully saturated rings. The van der Waals surface area contributed by atoms with E-state index in [9.17, 15) is 0 Å². The van der Waals surface area contributed by atoms with Crippen molar-refractivity contribution in [1.82, 2.24) is 5.32 Å². The molecule has 0 saturated carbocycles. The van der Waals surface area contributed by atoms with Crippen LogP contribution >= 0.6 is 0 Å². The highest BCUT2D eigenvalue weighted by Crippen LogP contribution is 1.83. The Morgan fingerprint density at radius 3 is 2.40 bits per heavy atom. The van der Waals surface area contributed by atoms with Crippen LogP contribution in [0.25, 0.3) is 0 Å². The van der Waals surface area contributed by atoms with E-state index in [1.165, 1.54) is 5.57 Å². The van der Waals surface area contributed by atoms with Crippen molar-refractivity contribution in [3.8, 4) is 0 Å². The van der Waals surface area contributed by atoms with E-state index in [1.807, 2.05) is 37.6 Å². The van der Waals surface area contributed by atoms with Crippen molar-refractivity contribution < 1.29 is 0 Å². The molecule has 1 N–H and O–H groups in total. The van der Waals surface area contributed by atoms with Gasteiger partial charge >= 0.3 is 0 Å². The summed E-state index contributed by atoms with van der Waals surface area (Å²) in [4.78, 5) is 0. The summed E-state index contributed by atoms with van der Waals surface area (Å²) < 4.78 is 0. The number of hydrogen-bond acceptors (Lipinski definition) is 1. The van der Waals surface area contributed by atoms with Gasteiger partial charge in [0.2, 0.25) is 0 Å². The minimum absolute atomic E-state index is 1.27. The third-order valence-electron chi connectivity index (χ3n) is 0.868. The summed E-state index contributed by atoms with van der Waals surface area (Å²) in [6, 6.07) is 0. The Morgan fingerprint density at radius 2 is 1.90 bits per heavy atom. The molecule has 0 aliphatic rings. The summed E-state index contributed by atoms with van der Waals surface area (Å²) in [5.74, 6) is 0. The maximum absolute atomic E-state index is 3.03. The van der Waals surface area contributed by atoms with Crippen molar-refractivity contribution in [2.45, 2.75) is 20.8 Å². The first kappa shape index (κ1) is 9.02. The molecule has 1 nitrogen and oxygen atoms in total. The van der Waals surface area contributed by atoms with Gasteiger partial charge in [-0.15, -0.1) is 0 Å². The summed E-state index contributed by atoms with van der Waals surface area (Å²) in [5.41, 5.74) is 1.27. The average molecular weight is 137 g/mol. The first-order valence-electron chi connectivity index (χ1n) is 3.44. The maximum atomic E-state index is 3.03. The molecule has 0 aromatic rings. The SMILES string of the molecule is CC=CC=CNC=C(C)C. The zero-order chi connectivity index (χ0) is 7.82. The molecular weight excluding hydrogens is 122 g/mol. The topological polar surface area (TPSA) is 12.0 Å². The van der Waals surface area contributed by atoms with Crippen LogP contribution in [0.5, 0.6) is 0 Å². The van der Waals surface area contributed by atoms with E-state index in [0.717, 1.165) is 0 Å². The van der Waals surface area contributed by atoms with Crippen molar-refractivity contribution in [2.75, 3.05) is 0 Å². The molecule has 0 aliphatic heterocycles. The highest BCUT2D eigenvalue weighted by atomic mass is 14.8. The second-order valence-electron chi connectivity index (χ2n) is 2.27. The Balaban J connectivity index is 3.45. The van der Waals surface area contributed by atoms with Crippen molar-refractivity contribution in [2.24, 2.45) is 0 Å². The molecule has 10 heavy (non-hydrogen) atoms. The molecule has 0 aromatic heterocycles. The summed E-state index contributed by atoms with van der Waals surface area (Å²) in [7, 11) is 0. The van der Waals surface area contributed by atoms with Gasteiger partial charge in [0.05, 0.1) is 0 Å². The van der Waals surface area contributed by atoms with Gasteiger partial charge < -0.3 is 5.32 Å². The number of allylic oxidation sites excluding steroid dienone is 4. The largest absolute Gasteiger partial charge is 0.368 e. The smallest absolute Gasteiger partial charge is 0.000429 e. The monoisotopic (exact) mass is 137 g/mol. The molecule has 0 atom stereocenters. The van der Waals surface area contributed by atoms with Gasteiger partial charge in [-0.05, 0) is 33.0 Å². The molecule has 0 heterocycles. The molecule has 0 spiro atoms. The summed E-state index contributed by atoms with van der Waals surface area (Å²) in [5, 5.41) is 3.03. The van der Waals surface area contributed by atoms with Gasteiger partial charge in [0.25, 0.3) is 0 Å². The average Bonchev–Trinajstić information content (AvgIpc) is 1.87. The fourth-order valence-corrected chi connectivity index (χ4v) is 0.437. The van der Waals surface area contributed by atoms with E-state index in [4.69, 9.17) is 0 Å². The molecule has 0 unspecified atom stereocenters. The predicted octanol–water partition coefficient (Wildman–Crippen LogP) is 2.59. The maximum Gasteiger partial charge on any atom is 0.000429 e. The van der Waals surface area contributed by atoms with E-state index in [2.05, 4.69) is 19.2 Å². The fourth-order valence-electron chi connectivity index (χ4n) is 0.437. The van der Waals surface area contributed by atoms with E-state index < -0.39 is 0 Å². The quantitative estimate of drug-likeness (QED) is 0.589. The van der Waals surface area contributed by atoms with Gasteiger partial charge in [-0.25, -0.2) is 0 Å². The highest BCUT2D eigenvalue weighted by molar-refractivity contribution is 5.03. The van der Waals surface area contributed by atoms with Crippen LogP contribution in [-0.4, -0.2) is 0 Å². The van der Waals surface area contributed by atoms with E-state index >= 15 is 0 Å². The highest BCUT2D eigenvalue weighted by Gasteiger charge is 1.69. The van der Waals surface area contributed by atoms with Crippen LogP contribution in [0.1, 0.15) is 20.8 Å². The van der Waals surface area contributed by atoms with Gasteiger partial charge in [0.1, 0.15) is 0 Å². The molecular formula is C9H15N. The molecule has 0 saturated heterocycles.